The predicted octanol–water partition coefficient (Wildman–Crippen LogP) is 1.53. The van der Waals surface area contributed by atoms with Gasteiger partial charge in [-0.15, -0.1) is 0 Å². The molecule has 0 spiro atoms. The first-order valence-corrected chi connectivity index (χ1v) is 8.36. The lowest BCUT2D eigenvalue weighted by Gasteiger charge is -2.35. The lowest BCUT2D eigenvalue weighted by Crippen LogP contribution is -2.52. The molecule has 2 amide bonds. The largest absolute Gasteiger partial charge is 0.469 e. The molecule has 7 nitrogen and oxygen atoms in total. The maximum Gasteiger partial charge on any atom is 0.307 e. The highest BCUT2D eigenvalue weighted by molar-refractivity contribution is 5.96. The number of carbonyl (C=O) groups is 3. The summed E-state index contributed by atoms with van der Waals surface area (Å²) in [6.07, 6.45) is 1.92. The molecular weight excluding hydrogens is 336 g/mol. The van der Waals surface area contributed by atoms with E-state index in [4.69, 9.17) is 4.42 Å². The van der Waals surface area contributed by atoms with E-state index in [1.54, 1.807) is 12.1 Å². The molecule has 2 heterocycles. The third-order valence-electron chi connectivity index (χ3n) is 4.40. The highest BCUT2D eigenvalue weighted by Gasteiger charge is 2.35. The Balaban J connectivity index is 1.78. The van der Waals surface area contributed by atoms with Crippen LogP contribution in [0.25, 0.3) is 0 Å². The number of benzene rings is 1. The Labute approximate surface area is 150 Å². The Morgan fingerprint density at radius 2 is 1.96 bits per heavy atom. The van der Waals surface area contributed by atoms with Crippen molar-refractivity contribution in [3.8, 4) is 0 Å². The van der Waals surface area contributed by atoms with Crippen molar-refractivity contribution < 1.29 is 23.5 Å². The maximum atomic E-state index is 12.8. The second-order valence-corrected chi connectivity index (χ2v) is 6.02. The van der Waals surface area contributed by atoms with Crippen LogP contribution in [0.15, 0.2) is 47.1 Å². The number of hydrogen-bond donors (Lipinski definition) is 1. The summed E-state index contributed by atoms with van der Waals surface area (Å²) in [5.74, 6) is -0.847. The van der Waals surface area contributed by atoms with Gasteiger partial charge < -0.3 is 19.4 Å². The number of amides is 2. The molecule has 0 aliphatic carbocycles. The van der Waals surface area contributed by atoms with Crippen LogP contribution in [-0.4, -0.2) is 42.4 Å². The highest BCUT2D eigenvalue weighted by Crippen LogP contribution is 2.25. The number of ether oxygens (including phenoxy) is 1. The van der Waals surface area contributed by atoms with Crippen LogP contribution in [0.4, 0.5) is 0 Å². The molecule has 0 fully saturated rings. The minimum absolute atomic E-state index is 0.0810. The zero-order valence-corrected chi connectivity index (χ0v) is 14.4. The Morgan fingerprint density at radius 3 is 2.65 bits per heavy atom. The van der Waals surface area contributed by atoms with E-state index in [1.165, 1.54) is 18.3 Å². The molecule has 1 aliphatic rings. The molecule has 0 bridgehead atoms. The van der Waals surface area contributed by atoms with E-state index < -0.39 is 12.0 Å². The van der Waals surface area contributed by atoms with Crippen LogP contribution in [0.1, 0.15) is 28.1 Å². The van der Waals surface area contributed by atoms with Gasteiger partial charge in [0.05, 0.1) is 19.8 Å². The van der Waals surface area contributed by atoms with Crippen molar-refractivity contribution in [1.82, 2.24) is 10.2 Å². The summed E-state index contributed by atoms with van der Waals surface area (Å²) in [7, 11) is 1.30. The monoisotopic (exact) mass is 356 g/mol. The molecule has 1 aromatic heterocycles. The predicted molar refractivity (Wildman–Crippen MR) is 92.2 cm³/mol. The third-order valence-corrected chi connectivity index (χ3v) is 4.40. The van der Waals surface area contributed by atoms with Crippen molar-refractivity contribution in [2.45, 2.75) is 25.4 Å². The first-order chi connectivity index (χ1) is 12.6. The van der Waals surface area contributed by atoms with Gasteiger partial charge in [0, 0.05) is 19.5 Å². The molecule has 0 unspecified atom stereocenters. The number of rotatable bonds is 5. The number of nitrogens with one attached hydrogen (secondary N) is 1. The van der Waals surface area contributed by atoms with Gasteiger partial charge in [-0.25, -0.2) is 0 Å². The van der Waals surface area contributed by atoms with Crippen molar-refractivity contribution in [2.75, 3.05) is 13.7 Å². The van der Waals surface area contributed by atoms with E-state index in [1.807, 2.05) is 24.3 Å². The van der Waals surface area contributed by atoms with E-state index in [9.17, 15) is 14.4 Å². The average Bonchev–Trinajstić information content (AvgIpc) is 3.20. The van der Waals surface area contributed by atoms with Crippen LogP contribution in [0.5, 0.6) is 0 Å². The molecule has 1 N–H and O–H groups in total. The molecule has 136 valence electrons. The Morgan fingerprint density at radius 1 is 1.19 bits per heavy atom. The number of fused-ring (bicyclic) bond motifs is 1. The maximum absolute atomic E-state index is 12.8. The summed E-state index contributed by atoms with van der Waals surface area (Å²) in [4.78, 5) is 38.2. The van der Waals surface area contributed by atoms with Gasteiger partial charge in [0.25, 0.3) is 5.91 Å². The SMILES string of the molecule is COC(=O)CCNC(=O)[C@H]1Cc2ccccc2CN1C(=O)c1ccco1. The smallest absolute Gasteiger partial charge is 0.307 e. The molecular formula is C19H20N2O5. The molecule has 1 aromatic carbocycles. The zero-order valence-electron chi connectivity index (χ0n) is 14.4. The molecule has 0 saturated heterocycles. The fourth-order valence-electron chi connectivity index (χ4n) is 3.02. The summed E-state index contributed by atoms with van der Waals surface area (Å²) < 4.78 is 9.77. The molecule has 0 saturated carbocycles. The van der Waals surface area contributed by atoms with Crippen molar-refractivity contribution >= 4 is 17.8 Å². The van der Waals surface area contributed by atoms with Crippen molar-refractivity contribution in [2.24, 2.45) is 0 Å². The fraction of sp³-hybridized carbons (Fsp3) is 0.316. The Kier molecular flexibility index (Phi) is 5.36. The number of hydrogen-bond acceptors (Lipinski definition) is 5. The first kappa shape index (κ1) is 17.7. The van der Waals surface area contributed by atoms with E-state index in [-0.39, 0.29) is 30.5 Å². The van der Waals surface area contributed by atoms with Crippen molar-refractivity contribution in [3.05, 3.63) is 59.5 Å². The number of methoxy groups -OCH3 is 1. The van der Waals surface area contributed by atoms with Crippen LogP contribution in [0.3, 0.4) is 0 Å². The quantitative estimate of drug-likeness (QED) is 0.821. The van der Waals surface area contributed by atoms with Gasteiger partial charge in [-0.3, -0.25) is 14.4 Å². The molecule has 0 radical (unpaired) electrons. The summed E-state index contributed by atoms with van der Waals surface area (Å²) >= 11 is 0. The summed E-state index contributed by atoms with van der Waals surface area (Å²) in [6, 6.07) is 10.3. The average molecular weight is 356 g/mol. The molecule has 2 aromatic rings. The minimum Gasteiger partial charge on any atom is -0.469 e. The lowest BCUT2D eigenvalue weighted by molar-refractivity contribution is -0.140. The fourth-order valence-corrected chi connectivity index (χ4v) is 3.02. The highest BCUT2D eigenvalue weighted by atomic mass is 16.5. The Hall–Kier alpha value is -3.09. The van der Waals surface area contributed by atoms with Crippen molar-refractivity contribution in [1.29, 1.82) is 0 Å². The lowest BCUT2D eigenvalue weighted by atomic mass is 9.93. The summed E-state index contributed by atoms with van der Waals surface area (Å²) in [6.45, 7) is 0.483. The van der Waals surface area contributed by atoms with Gasteiger partial charge in [0.1, 0.15) is 6.04 Å². The van der Waals surface area contributed by atoms with Crippen molar-refractivity contribution in [3.63, 3.8) is 0 Å². The van der Waals surface area contributed by atoms with Gasteiger partial charge in [0.2, 0.25) is 5.91 Å². The van der Waals surface area contributed by atoms with Gasteiger partial charge in [-0.2, -0.15) is 0 Å². The molecule has 7 heteroatoms. The number of nitrogens with zero attached hydrogens (tertiary/aromatic N) is 1. The number of esters is 1. The van der Waals surface area contributed by atoms with Gasteiger partial charge in [0.15, 0.2) is 5.76 Å². The van der Waals surface area contributed by atoms with Gasteiger partial charge in [-0.1, -0.05) is 24.3 Å². The number of carbonyl (C=O) groups excluding carboxylic acids is 3. The molecule has 26 heavy (non-hydrogen) atoms. The normalized spacial score (nSPS) is 15.9. The third kappa shape index (κ3) is 3.77. The number of furan rings is 1. The van der Waals surface area contributed by atoms with Gasteiger partial charge in [-0.05, 0) is 23.3 Å². The molecule has 3 rings (SSSR count). The van der Waals surface area contributed by atoms with Crippen LogP contribution in [0, 0.1) is 0 Å². The first-order valence-electron chi connectivity index (χ1n) is 8.36. The zero-order chi connectivity index (χ0) is 18.5. The minimum atomic E-state index is -0.667. The van der Waals surface area contributed by atoms with E-state index >= 15 is 0 Å². The van der Waals surface area contributed by atoms with Crippen LogP contribution < -0.4 is 5.32 Å². The second kappa shape index (κ2) is 7.86. The summed E-state index contributed by atoms with van der Waals surface area (Å²) in [5.41, 5.74) is 2.04. The van der Waals surface area contributed by atoms with Crippen LogP contribution in [-0.2, 0) is 27.3 Å². The topological polar surface area (TPSA) is 88.9 Å². The van der Waals surface area contributed by atoms with Gasteiger partial charge >= 0.3 is 5.97 Å². The standard InChI is InChI=1S/C19H20N2O5/c1-25-17(22)8-9-20-18(23)15-11-13-5-2-3-6-14(13)12-21(15)19(24)16-7-4-10-26-16/h2-7,10,15H,8-9,11-12H2,1H3,(H,20,23)/t15-/m1/s1. The molecule has 1 aliphatic heterocycles. The summed E-state index contributed by atoms with van der Waals surface area (Å²) in [5, 5.41) is 2.71. The van der Waals surface area contributed by atoms with E-state index in [0.29, 0.717) is 13.0 Å². The van der Waals surface area contributed by atoms with E-state index in [0.717, 1.165) is 11.1 Å². The van der Waals surface area contributed by atoms with Crippen LogP contribution >= 0.6 is 0 Å². The second-order valence-electron chi connectivity index (χ2n) is 6.02. The Bertz CT molecular complexity index is 800. The van der Waals surface area contributed by atoms with E-state index in [2.05, 4.69) is 10.1 Å². The van der Waals surface area contributed by atoms with Crippen LogP contribution in [0.2, 0.25) is 0 Å². The molecule has 1 atom stereocenters.